The van der Waals surface area contributed by atoms with E-state index >= 15 is 0 Å². The Balaban J connectivity index is 2.15. The van der Waals surface area contributed by atoms with Crippen molar-refractivity contribution in [1.82, 2.24) is 9.13 Å². The van der Waals surface area contributed by atoms with Crippen LogP contribution in [0.25, 0.3) is 0 Å². The third-order valence-electron chi connectivity index (χ3n) is 2.77. The van der Waals surface area contributed by atoms with E-state index in [1.54, 1.807) is 9.13 Å². The molecule has 2 rings (SSSR count). The molecule has 0 aromatic carbocycles. The summed E-state index contributed by atoms with van der Waals surface area (Å²) in [7, 11) is 0. The normalized spacial score (nSPS) is 17.7. The van der Waals surface area contributed by atoms with Crippen molar-refractivity contribution in [3.05, 3.63) is 22.9 Å². The molecule has 0 saturated heterocycles. The summed E-state index contributed by atoms with van der Waals surface area (Å²) in [6, 6.07) is 0.430. The van der Waals surface area contributed by atoms with Crippen LogP contribution in [-0.2, 0) is 6.54 Å². The fraction of sp³-hybridized carbons (Fsp3) is 0.600. The van der Waals surface area contributed by atoms with Gasteiger partial charge in [-0.15, -0.1) is 0 Å². The lowest BCUT2D eigenvalue weighted by Crippen LogP contribution is -2.29. The van der Waals surface area contributed by atoms with Crippen molar-refractivity contribution in [2.24, 2.45) is 11.7 Å². The lowest BCUT2D eigenvalue weighted by atomic mass is 10.2. The second-order valence-electron chi connectivity index (χ2n) is 4.17. The van der Waals surface area contributed by atoms with Crippen LogP contribution in [0.3, 0.4) is 0 Å². The van der Waals surface area contributed by atoms with Gasteiger partial charge in [-0.2, -0.15) is 0 Å². The molecule has 0 aliphatic heterocycles. The van der Waals surface area contributed by atoms with Gasteiger partial charge in [0.25, 0.3) is 0 Å². The molecule has 1 aliphatic carbocycles. The molecular weight excluding hydrogens is 210 g/mol. The van der Waals surface area contributed by atoms with Gasteiger partial charge >= 0.3 is 5.69 Å². The van der Waals surface area contributed by atoms with Gasteiger partial charge < -0.3 is 5.73 Å². The Morgan fingerprint density at radius 3 is 2.87 bits per heavy atom. The fourth-order valence-corrected chi connectivity index (χ4v) is 1.66. The summed E-state index contributed by atoms with van der Waals surface area (Å²) in [5, 5.41) is 0. The van der Waals surface area contributed by atoms with Crippen molar-refractivity contribution in [2.75, 3.05) is 0 Å². The molecule has 2 N–H and O–H groups in total. The second-order valence-corrected chi connectivity index (χ2v) is 4.65. The van der Waals surface area contributed by atoms with E-state index in [0.717, 1.165) is 12.8 Å². The molecule has 1 aromatic heterocycles. The third kappa shape index (κ3) is 2.12. The Morgan fingerprint density at radius 1 is 1.67 bits per heavy atom. The zero-order chi connectivity index (χ0) is 11.0. The van der Waals surface area contributed by atoms with Gasteiger partial charge in [0.15, 0.2) is 0 Å². The predicted molar refractivity (Wildman–Crippen MR) is 62.9 cm³/mol. The summed E-state index contributed by atoms with van der Waals surface area (Å²) in [6.45, 7) is 2.51. The van der Waals surface area contributed by atoms with Crippen LogP contribution in [0.15, 0.2) is 17.2 Å². The molecule has 1 fully saturated rings. The minimum atomic E-state index is 0.0561. The van der Waals surface area contributed by atoms with Crippen molar-refractivity contribution < 1.29 is 0 Å². The zero-order valence-corrected chi connectivity index (χ0v) is 9.54. The summed E-state index contributed by atoms with van der Waals surface area (Å²) in [5.74, 6) is 0.0627. The smallest absolute Gasteiger partial charge is 0.328 e. The van der Waals surface area contributed by atoms with Crippen LogP contribution in [0.1, 0.15) is 25.8 Å². The van der Waals surface area contributed by atoms with Crippen molar-refractivity contribution in [2.45, 2.75) is 32.4 Å². The van der Waals surface area contributed by atoms with Gasteiger partial charge in [0, 0.05) is 30.9 Å². The first-order valence-corrected chi connectivity index (χ1v) is 5.57. The minimum absolute atomic E-state index is 0.0561. The van der Waals surface area contributed by atoms with E-state index in [1.807, 2.05) is 19.3 Å². The monoisotopic (exact) mass is 225 g/mol. The van der Waals surface area contributed by atoms with E-state index in [4.69, 9.17) is 18.0 Å². The topological polar surface area (TPSA) is 53.0 Å². The van der Waals surface area contributed by atoms with Gasteiger partial charge in [-0.3, -0.25) is 9.13 Å². The Morgan fingerprint density at radius 2 is 2.33 bits per heavy atom. The molecule has 15 heavy (non-hydrogen) atoms. The molecule has 4 nitrogen and oxygen atoms in total. The van der Waals surface area contributed by atoms with Crippen molar-refractivity contribution in [1.29, 1.82) is 0 Å². The highest BCUT2D eigenvalue weighted by Gasteiger charge is 2.25. The van der Waals surface area contributed by atoms with Crippen LogP contribution in [0.5, 0.6) is 0 Å². The Kier molecular flexibility index (Phi) is 2.65. The van der Waals surface area contributed by atoms with Gasteiger partial charge in [-0.05, 0) is 12.8 Å². The quantitative estimate of drug-likeness (QED) is 0.775. The highest BCUT2D eigenvalue weighted by atomic mass is 32.1. The molecule has 82 valence electrons. The first-order valence-electron chi connectivity index (χ1n) is 5.16. The van der Waals surface area contributed by atoms with Crippen LogP contribution in [0, 0.1) is 5.92 Å². The van der Waals surface area contributed by atoms with E-state index in [1.165, 1.54) is 0 Å². The van der Waals surface area contributed by atoms with E-state index in [9.17, 15) is 4.79 Å². The largest absolute Gasteiger partial charge is 0.393 e. The Bertz CT molecular complexity index is 430. The van der Waals surface area contributed by atoms with Gasteiger partial charge in [0.05, 0.1) is 4.99 Å². The fourth-order valence-electron chi connectivity index (χ4n) is 1.58. The van der Waals surface area contributed by atoms with Crippen LogP contribution in [0.4, 0.5) is 0 Å². The lowest BCUT2D eigenvalue weighted by Gasteiger charge is -2.08. The lowest BCUT2D eigenvalue weighted by molar-refractivity contribution is 0.561. The zero-order valence-electron chi connectivity index (χ0n) is 8.72. The number of rotatable bonds is 4. The molecule has 0 radical (unpaired) electrons. The number of nitrogens with zero attached hydrogens (tertiary/aromatic N) is 2. The van der Waals surface area contributed by atoms with Crippen molar-refractivity contribution >= 4 is 17.2 Å². The van der Waals surface area contributed by atoms with E-state index in [0.29, 0.717) is 17.6 Å². The summed E-state index contributed by atoms with van der Waals surface area (Å²) in [5.41, 5.74) is 5.58. The molecule has 1 unspecified atom stereocenters. The van der Waals surface area contributed by atoms with Crippen LogP contribution in [0.2, 0.25) is 0 Å². The maximum atomic E-state index is 11.9. The van der Waals surface area contributed by atoms with Crippen LogP contribution < -0.4 is 11.4 Å². The number of thiocarbonyl (C=S) groups is 1. The number of hydrogen-bond acceptors (Lipinski definition) is 2. The number of imidazole rings is 1. The van der Waals surface area contributed by atoms with Gasteiger partial charge in [0.1, 0.15) is 0 Å². The summed E-state index contributed by atoms with van der Waals surface area (Å²) < 4.78 is 3.48. The van der Waals surface area contributed by atoms with Crippen LogP contribution >= 0.6 is 12.2 Å². The maximum absolute atomic E-state index is 11.9. The summed E-state index contributed by atoms with van der Waals surface area (Å²) in [4.78, 5) is 12.3. The van der Waals surface area contributed by atoms with E-state index < -0.39 is 0 Å². The first kappa shape index (κ1) is 10.4. The summed E-state index contributed by atoms with van der Waals surface area (Å²) >= 11 is 4.89. The molecule has 5 heteroatoms. The van der Waals surface area contributed by atoms with Crippen LogP contribution in [-0.4, -0.2) is 14.1 Å². The molecule has 1 aromatic rings. The Labute approximate surface area is 93.7 Å². The number of hydrogen-bond donors (Lipinski definition) is 1. The highest BCUT2D eigenvalue weighted by molar-refractivity contribution is 7.80. The first-order chi connectivity index (χ1) is 7.09. The molecule has 1 saturated carbocycles. The van der Waals surface area contributed by atoms with E-state index in [2.05, 4.69) is 0 Å². The molecule has 1 heterocycles. The number of nitrogens with two attached hydrogens (primary N) is 1. The Hall–Kier alpha value is -1.10. The average Bonchev–Trinajstić information content (AvgIpc) is 2.95. The maximum Gasteiger partial charge on any atom is 0.328 e. The van der Waals surface area contributed by atoms with Crippen molar-refractivity contribution in [3.63, 3.8) is 0 Å². The molecule has 1 atom stereocenters. The van der Waals surface area contributed by atoms with E-state index in [-0.39, 0.29) is 11.6 Å². The second kappa shape index (κ2) is 3.81. The molecule has 1 aliphatic rings. The van der Waals surface area contributed by atoms with Crippen molar-refractivity contribution in [3.8, 4) is 0 Å². The van der Waals surface area contributed by atoms with Gasteiger partial charge in [-0.1, -0.05) is 19.1 Å². The highest BCUT2D eigenvalue weighted by Crippen LogP contribution is 2.33. The predicted octanol–water partition coefficient (Wildman–Crippen LogP) is 0.907. The third-order valence-corrected chi connectivity index (χ3v) is 3.17. The van der Waals surface area contributed by atoms with Gasteiger partial charge in [-0.25, -0.2) is 4.79 Å². The molecule has 0 bridgehead atoms. The SMILES string of the molecule is CC(Cn1ccn(C2CC2)c1=O)C(N)=S. The molecular formula is C10H15N3OS. The minimum Gasteiger partial charge on any atom is -0.393 e. The van der Waals surface area contributed by atoms with Gasteiger partial charge in [0.2, 0.25) is 0 Å². The molecule has 0 spiro atoms. The molecule has 0 amide bonds. The average molecular weight is 225 g/mol. The standard InChI is InChI=1S/C10H15N3OS/c1-7(9(11)15)6-12-4-5-13(10(12)14)8-2-3-8/h4-5,7-8H,2-3,6H2,1H3,(H2,11,15). The number of aromatic nitrogens is 2. The summed E-state index contributed by atoms with van der Waals surface area (Å²) in [6.07, 6.45) is 5.91.